The lowest BCUT2D eigenvalue weighted by Gasteiger charge is -2.37. The van der Waals surface area contributed by atoms with Gasteiger partial charge in [0.15, 0.2) is 23.1 Å². The Bertz CT molecular complexity index is 1250. The number of hydrogen-bond acceptors (Lipinski definition) is 6. The lowest BCUT2D eigenvalue weighted by atomic mass is 10.1. The molecule has 2 aliphatic rings. The lowest BCUT2D eigenvalue weighted by Crippen LogP contribution is -2.48. The van der Waals surface area contributed by atoms with E-state index in [1.165, 1.54) is 19.1 Å². The second kappa shape index (κ2) is 10.3. The second-order valence-electron chi connectivity index (χ2n) is 8.45. The summed E-state index contributed by atoms with van der Waals surface area (Å²) in [5.74, 6) is -2.37. The van der Waals surface area contributed by atoms with Crippen LogP contribution < -0.4 is 19.3 Å². The number of benzene rings is 1. The number of rotatable bonds is 6. The van der Waals surface area contributed by atoms with Gasteiger partial charge in [-0.15, -0.1) is 0 Å². The summed E-state index contributed by atoms with van der Waals surface area (Å²) in [6.45, 7) is 5.86. The minimum Gasteiger partial charge on any atom is -0.493 e. The summed E-state index contributed by atoms with van der Waals surface area (Å²) in [5, 5.41) is 0.796. The van der Waals surface area contributed by atoms with Crippen LogP contribution in [0.3, 0.4) is 0 Å². The first-order valence-corrected chi connectivity index (χ1v) is 11.4. The van der Waals surface area contributed by atoms with Crippen LogP contribution in [0.4, 0.5) is 25.0 Å². The van der Waals surface area contributed by atoms with E-state index in [9.17, 15) is 4.79 Å². The van der Waals surface area contributed by atoms with Crippen LogP contribution in [0.5, 0.6) is 11.5 Å². The number of anilines is 2. The van der Waals surface area contributed by atoms with E-state index in [2.05, 4.69) is 14.9 Å². The number of carbonyl (C=O) groups excluding carboxylic acids is 1. The van der Waals surface area contributed by atoms with Crippen molar-refractivity contribution in [3.05, 3.63) is 41.2 Å². The van der Waals surface area contributed by atoms with Crippen LogP contribution in [0, 0.1) is 11.6 Å². The molecule has 2 aliphatic heterocycles. The number of nitrogens with one attached hydrogen (secondary N) is 1. The zero-order valence-electron chi connectivity index (χ0n) is 19.9. The van der Waals surface area contributed by atoms with Crippen molar-refractivity contribution in [2.24, 2.45) is 0 Å². The predicted molar refractivity (Wildman–Crippen MR) is 133 cm³/mol. The molecule has 1 saturated heterocycles. The molecule has 0 unspecified atom stereocenters. The number of aromatic amines is 1. The molecule has 0 atom stereocenters. The fraction of sp³-hybridized carbons (Fsp3) is 0.440. The van der Waals surface area contributed by atoms with Gasteiger partial charge in [-0.05, 0) is 13.0 Å². The van der Waals surface area contributed by atoms with Crippen LogP contribution in [0.1, 0.15) is 25.6 Å². The minimum atomic E-state index is -0.970. The SMILES string of the molecule is CCN1C(=O)N(c2c(F)c(OC)cc(OC)c2F)Cc2cnc3[nH]c(CN4CCOCC4)cc3c21.[14CH4]. The molecule has 3 aromatic rings. The number of ether oxygens (including phenoxy) is 3. The number of aromatic nitrogens is 2. The molecule has 5 rings (SSSR count). The van der Waals surface area contributed by atoms with Crippen molar-refractivity contribution in [3.8, 4) is 11.5 Å². The monoisotopic (exact) mass is 505 g/mol. The van der Waals surface area contributed by atoms with Gasteiger partial charge >= 0.3 is 6.03 Å². The van der Waals surface area contributed by atoms with Crippen molar-refractivity contribution in [2.75, 3.05) is 56.9 Å². The van der Waals surface area contributed by atoms with E-state index in [1.54, 1.807) is 6.20 Å². The Morgan fingerprint density at radius 2 is 1.75 bits per heavy atom. The van der Waals surface area contributed by atoms with Crippen molar-refractivity contribution >= 4 is 28.4 Å². The molecule has 1 aromatic carbocycles. The molecule has 0 radical (unpaired) electrons. The third kappa shape index (κ3) is 4.22. The van der Waals surface area contributed by atoms with Crippen molar-refractivity contribution in [3.63, 3.8) is 0 Å². The number of urea groups is 1. The molecule has 0 saturated carbocycles. The van der Waals surface area contributed by atoms with Crippen molar-refractivity contribution in [2.45, 2.75) is 27.4 Å². The van der Waals surface area contributed by atoms with Gasteiger partial charge in [0.25, 0.3) is 0 Å². The summed E-state index contributed by atoms with van der Waals surface area (Å²) < 4.78 is 46.0. The molecule has 1 fully saturated rings. The standard InChI is InChI=1S/C24H27F2N5O4.CH4/c1-4-30-21-14(11-27-23-16(21)9-15(28-23)13-29-5-7-35-8-6-29)12-31(24(30)32)22-19(25)17(33-2)10-18(34-3)20(22)26;/h9-11H,4-8,12-13H2,1-3H3,(H,27,28);1H4/i;1+2. The molecule has 36 heavy (non-hydrogen) atoms. The van der Waals surface area contributed by atoms with E-state index >= 15 is 8.78 Å². The van der Waals surface area contributed by atoms with E-state index in [4.69, 9.17) is 14.2 Å². The zero-order valence-corrected chi connectivity index (χ0v) is 19.9. The summed E-state index contributed by atoms with van der Waals surface area (Å²) in [4.78, 5) is 26.3. The minimum absolute atomic E-state index is 0. The quantitative estimate of drug-likeness (QED) is 0.538. The van der Waals surface area contributed by atoms with Crippen LogP contribution in [0.15, 0.2) is 18.3 Å². The Kier molecular flexibility index (Phi) is 7.32. The van der Waals surface area contributed by atoms with E-state index in [-0.39, 0.29) is 25.5 Å². The van der Waals surface area contributed by atoms with Crippen LogP contribution in [0.2, 0.25) is 0 Å². The third-order valence-electron chi connectivity index (χ3n) is 6.46. The fourth-order valence-corrected chi connectivity index (χ4v) is 4.73. The van der Waals surface area contributed by atoms with Gasteiger partial charge in [-0.1, -0.05) is 7.43 Å². The van der Waals surface area contributed by atoms with E-state index in [1.807, 2.05) is 13.0 Å². The van der Waals surface area contributed by atoms with Crippen molar-refractivity contribution in [1.82, 2.24) is 14.9 Å². The molecule has 0 bridgehead atoms. The first-order chi connectivity index (χ1) is 17.0. The number of hydrogen-bond donors (Lipinski definition) is 1. The normalized spacial score (nSPS) is 16.2. The molecule has 9 nitrogen and oxygen atoms in total. The summed E-state index contributed by atoms with van der Waals surface area (Å²) in [6, 6.07) is 2.57. The summed E-state index contributed by atoms with van der Waals surface area (Å²) in [6.07, 6.45) is 1.64. The smallest absolute Gasteiger partial charge is 0.329 e. The largest absolute Gasteiger partial charge is 0.493 e. The Labute approximate surface area is 208 Å². The van der Waals surface area contributed by atoms with E-state index < -0.39 is 23.4 Å². The number of halogens is 2. The predicted octanol–water partition coefficient (Wildman–Crippen LogP) is 4.29. The number of methoxy groups -OCH3 is 2. The van der Waals surface area contributed by atoms with Gasteiger partial charge < -0.3 is 19.2 Å². The topological polar surface area (TPSA) is 83.2 Å². The second-order valence-corrected chi connectivity index (χ2v) is 8.45. The number of pyridine rings is 1. The number of carbonyl (C=O) groups is 1. The lowest BCUT2D eigenvalue weighted by molar-refractivity contribution is 0.0337. The molecule has 4 heterocycles. The maximum absolute atomic E-state index is 15.2. The average Bonchev–Trinajstić information content (AvgIpc) is 3.28. The summed E-state index contributed by atoms with van der Waals surface area (Å²) >= 11 is 0. The number of amides is 2. The highest BCUT2D eigenvalue weighted by Gasteiger charge is 2.37. The Balaban J connectivity index is 0.00000304. The number of fused-ring (bicyclic) bond motifs is 3. The van der Waals surface area contributed by atoms with E-state index in [0.717, 1.165) is 35.1 Å². The molecule has 194 valence electrons. The third-order valence-corrected chi connectivity index (χ3v) is 6.46. The van der Waals surface area contributed by atoms with Crippen molar-refractivity contribution in [1.29, 1.82) is 0 Å². The molecule has 1 N–H and O–H groups in total. The van der Waals surface area contributed by atoms with Crippen LogP contribution in [-0.4, -0.2) is 68.0 Å². The molecular formula is C25H31F2N5O4. The first-order valence-electron chi connectivity index (χ1n) is 11.4. The Hall–Kier alpha value is -3.44. The van der Waals surface area contributed by atoms with Crippen LogP contribution in [-0.2, 0) is 17.8 Å². The molecule has 2 aromatic heterocycles. The number of nitrogens with zero attached hydrogens (tertiary/aromatic N) is 4. The molecule has 2 amide bonds. The summed E-state index contributed by atoms with van der Waals surface area (Å²) in [7, 11) is 2.54. The fourth-order valence-electron chi connectivity index (χ4n) is 4.73. The molecule has 11 heteroatoms. The molecule has 0 aliphatic carbocycles. The highest BCUT2D eigenvalue weighted by molar-refractivity contribution is 6.11. The summed E-state index contributed by atoms with van der Waals surface area (Å²) in [5.41, 5.74) is 2.49. The number of morpholine rings is 1. The molecule has 0 spiro atoms. The van der Waals surface area contributed by atoms with Crippen LogP contribution >= 0.6 is 0 Å². The van der Waals surface area contributed by atoms with Gasteiger partial charge in [0.05, 0.1) is 39.7 Å². The van der Waals surface area contributed by atoms with Crippen LogP contribution in [0.25, 0.3) is 11.0 Å². The van der Waals surface area contributed by atoms with Gasteiger partial charge in [-0.25, -0.2) is 18.6 Å². The van der Waals surface area contributed by atoms with Gasteiger partial charge in [0.1, 0.15) is 11.3 Å². The first kappa shape index (κ1) is 25.6. The Morgan fingerprint density at radius 1 is 1.08 bits per heavy atom. The Morgan fingerprint density at radius 3 is 2.36 bits per heavy atom. The van der Waals surface area contributed by atoms with Crippen molar-refractivity contribution < 1.29 is 27.8 Å². The van der Waals surface area contributed by atoms with E-state index in [0.29, 0.717) is 43.2 Å². The maximum atomic E-state index is 15.2. The molecular weight excluding hydrogens is 474 g/mol. The zero-order chi connectivity index (χ0) is 24.7. The highest BCUT2D eigenvalue weighted by atomic mass is 19.1. The number of H-pyrrole nitrogens is 1. The highest BCUT2D eigenvalue weighted by Crippen LogP contribution is 2.42. The van der Waals surface area contributed by atoms with Gasteiger partial charge in [0, 0.05) is 55.1 Å². The van der Waals surface area contributed by atoms with Gasteiger partial charge in [-0.2, -0.15) is 0 Å². The average molecular weight is 506 g/mol. The maximum Gasteiger partial charge on any atom is 0.329 e. The van der Waals surface area contributed by atoms with Gasteiger partial charge in [0.2, 0.25) is 0 Å². The van der Waals surface area contributed by atoms with Gasteiger partial charge in [-0.3, -0.25) is 14.7 Å².